The van der Waals surface area contributed by atoms with Crippen molar-refractivity contribution in [2.45, 2.75) is 12.3 Å². The van der Waals surface area contributed by atoms with Crippen LogP contribution in [0.4, 0.5) is 0 Å². The molecule has 0 aromatic heterocycles. The van der Waals surface area contributed by atoms with Crippen molar-refractivity contribution in [1.29, 1.82) is 0 Å². The fraction of sp³-hybridized carbons (Fsp3) is 0.0435. The van der Waals surface area contributed by atoms with Gasteiger partial charge >= 0.3 is 0 Å². The molecule has 0 aliphatic heterocycles. The van der Waals surface area contributed by atoms with Crippen molar-refractivity contribution in [1.82, 2.24) is 0 Å². The monoisotopic (exact) mass is 584 g/mol. The third-order valence-corrected chi connectivity index (χ3v) is 9.82. The molecule has 46 heavy (non-hydrogen) atoms. The maximum absolute atomic E-state index is 2.38. The van der Waals surface area contributed by atoms with Crippen LogP contribution in [0.5, 0.6) is 0 Å². The van der Waals surface area contributed by atoms with Crippen LogP contribution in [-0.4, -0.2) is 0 Å². The lowest BCUT2D eigenvalue weighted by Crippen LogP contribution is -1.99. The molecule has 9 rings (SSSR count). The van der Waals surface area contributed by atoms with Gasteiger partial charge in [0, 0.05) is 5.92 Å². The predicted octanol–water partition coefficient (Wildman–Crippen LogP) is 12.9. The summed E-state index contributed by atoms with van der Waals surface area (Å²) >= 11 is 0. The minimum Gasteiger partial charge on any atom is -0.0836 e. The van der Waals surface area contributed by atoms with E-state index in [2.05, 4.69) is 176 Å². The van der Waals surface area contributed by atoms with Gasteiger partial charge in [-0.3, -0.25) is 0 Å². The van der Waals surface area contributed by atoms with Gasteiger partial charge in [-0.1, -0.05) is 176 Å². The molecule has 0 fully saturated rings. The van der Waals surface area contributed by atoms with Gasteiger partial charge in [-0.25, -0.2) is 0 Å². The van der Waals surface area contributed by atoms with E-state index < -0.39 is 0 Å². The number of hydrogen-bond donors (Lipinski definition) is 0. The highest BCUT2D eigenvalue weighted by Crippen LogP contribution is 2.48. The lowest BCUT2D eigenvalue weighted by atomic mass is 9.81. The lowest BCUT2D eigenvalue weighted by molar-refractivity contribution is 0.862. The summed E-state index contributed by atoms with van der Waals surface area (Å²) in [6.45, 7) is 0. The topological polar surface area (TPSA) is 0 Å². The molecule has 8 aromatic rings. The smallest absolute Gasteiger partial charge is 0.00618 e. The van der Waals surface area contributed by atoms with E-state index in [9.17, 15) is 0 Å². The van der Waals surface area contributed by atoms with Crippen LogP contribution in [0.2, 0.25) is 0 Å². The van der Waals surface area contributed by atoms with Gasteiger partial charge in [-0.2, -0.15) is 0 Å². The van der Waals surface area contributed by atoms with Crippen LogP contribution in [0, 0.1) is 0 Å². The lowest BCUT2D eigenvalue weighted by Gasteiger charge is -2.22. The van der Waals surface area contributed by atoms with Gasteiger partial charge < -0.3 is 0 Å². The van der Waals surface area contributed by atoms with Crippen molar-refractivity contribution >= 4 is 43.1 Å². The first kappa shape index (κ1) is 26.7. The minimum atomic E-state index is 0.395. The zero-order chi connectivity index (χ0) is 30.5. The van der Waals surface area contributed by atoms with Crippen LogP contribution < -0.4 is 0 Å². The van der Waals surface area contributed by atoms with E-state index in [1.807, 2.05) is 0 Å². The second-order valence-electron chi connectivity index (χ2n) is 12.3. The van der Waals surface area contributed by atoms with E-state index in [4.69, 9.17) is 0 Å². The summed E-state index contributed by atoms with van der Waals surface area (Å²) in [4.78, 5) is 0. The molecular weight excluding hydrogens is 553 g/mol. The third kappa shape index (κ3) is 4.22. The molecule has 0 spiro atoms. The Kier molecular flexibility index (Phi) is 6.39. The normalized spacial score (nSPS) is 14.5. The largest absolute Gasteiger partial charge is 0.0836 e. The maximum atomic E-state index is 2.38. The van der Waals surface area contributed by atoms with E-state index in [0.29, 0.717) is 5.92 Å². The fourth-order valence-electron chi connectivity index (χ4n) is 7.77. The Labute approximate surface area is 269 Å². The summed E-state index contributed by atoms with van der Waals surface area (Å²) in [6, 6.07) is 56.0. The second-order valence-corrected chi connectivity index (χ2v) is 12.3. The number of fused-ring (bicyclic) bond motifs is 4. The Hall–Kier alpha value is -5.72. The highest BCUT2D eigenvalue weighted by molar-refractivity contribution is 6.25. The number of rotatable bonds is 4. The van der Waals surface area contributed by atoms with E-state index in [1.54, 1.807) is 0 Å². The van der Waals surface area contributed by atoms with Crippen LogP contribution in [0.3, 0.4) is 0 Å². The van der Waals surface area contributed by atoms with Crippen molar-refractivity contribution < 1.29 is 0 Å². The average Bonchev–Trinajstić information content (AvgIpc) is 3.14. The zero-order valence-corrected chi connectivity index (χ0v) is 25.5. The Morgan fingerprint density at radius 3 is 1.33 bits per heavy atom. The van der Waals surface area contributed by atoms with Crippen LogP contribution in [0.15, 0.2) is 176 Å². The molecule has 1 aliphatic carbocycles. The highest BCUT2D eigenvalue weighted by atomic mass is 14.2. The molecule has 0 heterocycles. The molecule has 0 heteroatoms. The molecular formula is C46H32. The number of hydrogen-bond acceptors (Lipinski definition) is 0. The summed E-state index contributed by atoms with van der Waals surface area (Å²) in [5.41, 5.74) is 9.07. The quantitative estimate of drug-likeness (QED) is 0.181. The molecule has 0 amide bonds. The van der Waals surface area contributed by atoms with Crippen molar-refractivity contribution in [3.05, 3.63) is 182 Å². The minimum absolute atomic E-state index is 0.395. The van der Waals surface area contributed by atoms with Gasteiger partial charge in [0.05, 0.1) is 0 Å². The molecule has 1 aliphatic rings. The molecule has 0 saturated carbocycles. The molecule has 0 N–H and O–H groups in total. The van der Waals surface area contributed by atoms with Crippen molar-refractivity contribution in [2.75, 3.05) is 0 Å². The SMILES string of the molecule is C1=CCC(c2ccc(-c3c4ccccc4c(-c4ccc(-c5ccccc5)c5ccccc45)c4ccccc34)c3ccccc23)C=C1. The van der Waals surface area contributed by atoms with Crippen molar-refractivity contribution in [3.8, 4) is 33.4 Å². The van der Waals surface area contributed by atoms with Crippen LogP contribution >= 0.6 is 0 Å². The first-order chi connectivity index (χ1) is 22.9. The first-order valence-corrected chi connectivity index (χ1v) is 16.2. The van der Waals surface area contributed by atoms with E-state index in [-0.39, 0.29) is 0 Å². The van der Waals surface area contributed by atoms with Crippen LogP contribution in [0.1, 0.15) is 17.9 Å². The summed E-state index contributed by atoms with van der Waals surface area (Å²) in [5.74, 6) is 0.395. The molecule has 0 radical (unpaired) electrons. The molecule has 1 unspecified atom stereocenters. The van der Waals surface area contributed by atoms with E-state index in [0.717, 1.165) is 6.42 Å². The Balaban J connectivity index is 1.35. The van der Waals surface area contributed by atoms with E-state index >= 15 is 0 Å². The van der Waals surface area contributed by atoms with Gasteiger partial charge in [0.25, 0.3) is 0 Å². The maximum Gasteiger partial charge on any atom is 0.00618 e. The Morgan fingerprint density at radius 1 is 0.348 bits per heavy atom. The summed E-state index contributed by atoms with van der Waals surface area (Å²) < 4.78 is 0. The first-order valence-electron chi connectivity index (χ1n) is 16.2. The molecule has 0 saturated heterocycles. The summed E-state index contributed by atoms with van der Waals surface area (Å²) in [5, 5.41) is 10.3. The standard InChI is InChI=1S/C46H32/c1-3-15-31(16-4-1)33-27-29-43(37-21-9-7-19-35(33)37)45-39-23-11-13-25-41(39)46(42-26-14-12-24-40(42)45)44-30-28-34(32-17-5-2-6-18-32)36-20-8-10-22-38(36)44/h1-17,19-30,32H,18H2. The molecule has 1 atom stereocenters. The van der Waals surface area contributed by atoms with Gasteiger partial charge in [0.2, 0.25) is 0 Å². The highest BCUT2D eigenvalue weighted by Gasteiger charge is 2.21. The van der Waals surface area contributed by atoms with Crippen LogP contribution in [-0.2, 0) is 0 Å². The Bertz CT molecular complexity index is 2440. The number of benzene rings is 8. The van der Waals surface area contributed by atoms with Crippen LogP contribution in [0.25, 0.3) is 76.5 Å². The zero-order valence-electron chi connectivity index (χ0n) is 25.5. The Morgan fingerprint density at radius 2 is 0.783 bits per heavy atom. The fourth-order valence-corrected chi connectivity index (χ4v) is 7.77. The van der Waals surface area contributed by atoms with Gasteiger partial charge in [0.15, 0.2) is 0 Å². The van der Waals surface area contributed by atoms with Gasteiger partial charge in [-0.05, 0) is 88.5 Å². The molecule has 0 bridgehead atoms. The third-order valence-electron chi connectivity index (χ3n) is 9.82. The molecule has 0 nitrogen and oxygen atoms in total. The summed E-state index contributed by atoms with van der Waals surface area (Å²) in [6.07, 6.45) is 10.0. The molecule has 8 aromatic carbocycles. The summed E-state index contributed by atoms with van der Waals surface area (Å²) in [7, 11) is 0. The van der Waals surface area contributed by atoms with Gasteiger partial charge in [0.1, 0.15) is 0 Å². The van der Waals surface area contributed by atoms with E-state index in [1.165, 1.54) is 82.0 Å². The van der Waals surface area contributed by atoms with Crippen molar-refractivity contribution in [3.63, 3.8) is 0 Å². The molecule has 216 valence electrons. The number of allylic oxidation sites excluding steroid dienone is 4. The van der Waals surface area contributed by atoms with Gasteiger partial charge in [-0.15, -0.1) is 0 Å². The van der Waals surface area contributed by atoms with Crippen molar-refractivity contribution in [2.24, 2.45) is 0 Å². The second kappa shape index (κ2) is 11.0. The predicted molar refractivity (Wildman–Crippen MR) is 198 cm³/mol. The average molecular weight is 585 g/mol.